The Hall–Kier alpha value is -6.85. The molecule has 0 saturated heterocycles. The Kier molecular flexibility index (Phi) is 6.42. The summed E-state index contributed by atoms with van der Waals surface area (Å²) in [4.78, 5) is 14.9. The molecule has 3 aromatic heterocycles. The van der Waals surface area contributed by atoms with Crippen molar-refractivity contribution in [2.45, 2.75) is 0 Å². The maximum absolute atomic E-state index is 6.59. The predicted octanol–water partition coefficient (Wildman–Crippen LogP) is 12.0. The van der Waals surface area contributed by atoms with Gasteiger partial charge in [0.25, 0.3) is 0 Å². The minimum Gasteiger partial charge on any atom is -0.456 e. The molecule has 0 bridgehead atoms. The van der Waals surface area contributed by atoms with E-state index < -0.39 is 0 Å². The third-order valence-electron chi connectivity index (χ3n) is 9.32. The summed E-state index contributed by atoms with van der Waals surface area (Å²) in [5.41, 5.74) is 10.4. The number of aromatic nitrogens is 3. The van der Waals surface area contributed by atoms with Gasteiger partial charge in [0.1, 0.15) is 22.3 Å². The molecule has 0 fully saturated rings. The molecule has 0 saturated carbocycles. The Balaban J connectivity index is 1.17. The van der Waals surface area contributed by atoms with Crippen LogP contribution in [0.4, 0.5) is 0 Å². The second kappa shape index (κ2) is 11.4. The smallest absolute Gasteiger partial charge is 0.164 e. The first kappa shape index (κ1) is 28.2. The van der Waals surface area contributed by atoms with Gasteiger partial charge in [0.05, 0.1) is 0 Å². The molecule has 0 aliphatic heterocycles. The van der Waals surface area contributed by atoms with Gasteiger partial charge >= 0.3 is 0 Å². The maximum Gasteiger partial charge on any atom is 0.164 e. The fourth-order valence-electron chi connectivity index (χ4n) is 6.88. The van der Waals surface area contributed by atoms with Gasteiger partial charge in [-0.2, -0.15) is 0 Å². The molecule has 0 aliphatic carbocycles. The van der Waals surface area contributed by atoms with Gasteiger partial charge in [-0.05, 0) is 59.2 Å². The van der Waals surface area contributed by atoms with Crippen LogP contribution in [0.25, 0.3) is 100 Å². The number of hydrogen-bond donors (Lipinski definition) is 0. The second-order valence-electron chi connectivity index (χ2n) is 12.4. The first-order chi connectivity index (χ1) is 24.7. The second-order valence-corrected chi connectivity index (χ2v) is 12.4. The van der Waals surface area contributed by atoms with Crippen molar-refractivity contribution in [1.82, 2.24) is 15.0 Å². The van der Waals surface area contributed by atoms with E-state index in [1.54, 1.807) is 0 Å². The van der Waals surface area contributed by atoms with Crippen molar-refractivity contribution in [1.29, 1.82) is 0 Å². The minimum atomic E-state index is 0.605. The molecule has 0 spiro atoms. The summed E-state index contributed by atoms with van der Waals surface area (Å²) >= 11 is 0. The third kappa shape index (κ3) is 4.75. The van der Waals surface area contributed by atoms with Crippen molar-refractivity contribution < 1.29 is 8.83 Å². The summed E-state index contributed by atoms with van der Waals surface area (Å²) in [5, 5.41) is 4.34. The van der Waals surface area contributed by atoms with Crippen LogP contribution in [-0.2, 0) is 0 Å². The van der Waals surface area contributed by atoms with Crippen LogP contribution in [-0.4, -0.2) is 15.0 Å². The van der Waals surface area contributed by atoms with Crippen molar-refractivity contribution in [2.24, 2.45) is 0 Å². The molecule has 234 valence electrons. The molecule has 0 atom stereocenters. The van der Waals surface area contributed by atoms with Gasteiger partial charge < -0.3 is 8.83 Å². The number of benzene rings is 7. The highest BCUT2D eigenvalue weighted by Gasteiger charge is 2.18. The maximum atomic E-state index is 6.59. The zero-order valence-corrected chi connectivity index (χ0v) is 26.7. The Labute approximate surface area is 287 Å². The van der Waals surface area contributed by atoms with E-state index in [1.165, 1.54) is 0 Å². The third-order valence-corrected chi connectivity index (χ3v) is 9.32. The summed E-state index contributed by atoms with van der Waals surface area (Å²) in [6, 6.07) is 55.8. The van der Waals surface area contributed by atoms with Crippen LogP contribution in [0.2, 0.25) is 0 Å². The molecule has 5 nitrogen and oxygen atoms in total. The number of nitrogens with zero attached hydrogens (tertiary/aromatic N) is 3. The number of furan rings is 2. The van der Waals surface area contributed by atoms with Crippen molar-refractivity contribution >= 4 is 43.9 Å². The molecular weight excluding hydrogens is 615 g/mol. The molecule has 0 radical (unpaired) electrons. The lowest BCUT2D eigenvalue weighted by Crippen LogP contribution is -2.00. The van der Waals surface area contributed by atoms with E-state index in [-0.39, 0.29) is 0 Å². The number of para-hydroxylation sites is 2. The van der Waals surface area contributed by atoms with Crippen LogP contribution >= 0.6 is 0 Å². The minimum absolute atomic E-state index is 0.605. The Morgan fingerprint density at radius 3 is 1.52 bits per heavy atom. The highest BCUT2D eigenvalue weighted by Crippen LogP contribution is 2.41. The molecule has 50 heavy (non-hydrogen) atoms. The van der Waals surface area contributed by atoms with Crippen LogP contribution in [0.3, 0.4) is 0 Å². The highest BCUT2D eigenvalue weighted by molar-refractivity contribution is 6.12. The molecule has 10 aromatic rings. The largest absolute Gasteiger partial charge is 0.456 e. The van der Waals surface area contributed by atoms with Gasteiger partial charge in [0, 0.05) is 43.8 Å². The van der Waals surface area contributed by atoms with Crippen molar-refractivity contribution in [2.75, 3.05) is 0 Å². The number of hydrogen-bond acceptors (Lipinski definition) is 5. The van der Waals surface area contributed by atoms with Gasteiger partial charge in [-0.25, -0.2) is 15.0 Å². The predicted molar refractivity (Wildman–Crippen MR) is 202 cm³/mol. The molecule has 10 rings (SSSR count). The summed E-state index contributed by atoms with van der Waals surface area (Å²) < 4.78 is 12.7. The van der Waals surface area contributed by atoms with E-state index in [2.05, 4.69) is 78.9 Å². The lowest BCUT2D eigenvalue weighted by atomic mass is 9.94. The number of rotatable bonds is 5. The highest BCUT2D eigenvalue weighted by atomic mass is 16.3. The van der Waals surface area contributed by atoms with Crippen LogP contribution in [0.15, 0.2) is 173 Å². The van der Waals surface area contributed by atoms with E-state index in [1.807, 2.05) is 84.9 Å². The van der Waals surface area contributed by atoms with E-state index in [0.29, 0.717) is 17.5 Å². The summed E-state index contributed by atoms with van der Waals surface area (Å²) in [6.45, 7) is 0. The fourth-order valence-corrected chi connectivity index (χ4v) is 6.88. The molecule has 0 unspecified atom stereocenters. The normalized spacial score (nSPS) is 11.6. The van der Waals surface area contributed by atoms with Gasteiger partial charge in [-0.15, -0.1) is 0 Å². The summed E-state index contributed by atoms with van der Waals surface area (Å²) in [7, 11) is 0. The number of fused-ring (bicyclic) bond motifs is 6. The molecular formula is C45H27N3O2. The molecule has 7 aromatic carbocycles. The molecule has 3 heterocycles. The van der Waals surface area contributed by atoms with Gasteiger partial charge in [-0.1, -0.05) is 121 Å². The summed E-state index contributed by atoms with van der Waals surface area (Å²) in [6.07, 6.45) is 0. The summed E-state index contributed by atoms with van der Waals surface area (Å²) in [5.74, 6) is 1.86. The Bertz CT molecular complexity index is 2810. The average Bonchev–Trinajstić information content (AvgIpc) is 3.76. The lowest BCUT2D eigenvalue weighted by molar-refractivity contribution is 0.669. The lowest BCUT2D eigenvalue weighted by Gasteiger charge is -2.11. The quantitative estimate of drug-likeness (QED) is 0.187. The van der Waals surface area contributed by atoms with Crippen LogP contribution in [0.5, 0.6) is 0 Å². The Morgan fingerprint density at radius 1 is 0.300 bits per heavy atom. The van der Waals surface area contributed by atoms with E-state index in [9.17, 15) is 0 Å². The fraction of sp³-hybridized carbons (Fsp3) is 0. The molecule has 5 heteroatoms. The zero-order valence-electron chi connectivity index (χ0n) is 26.7. The first-order valence-electron chi connectivity index (χ1n) is 16.6. The van der Waals surface area contributed by atoms with Crippen LogP contribution in [0, 0.1) is 0 Å². The topological polar surface area (TPSA) is 65.0 Å². The van der Waals surface area contributed by atoms with Gasteiger partial charge in [0.2, 0.25) is 0 Å². The van der Waals surface area contributed by atoms with Crippen molar-refractivity contribution in [3.63, 3.8) is 0 Å². The van der Waals surface area contributed by atoms with Crippen LogP contribution < -0.4 is 0 Å². The first-order valence-corrected chi connectivity index (χ1v) is 16.6. The monoisotopic (exact) mass is 641 g/mol. The van der Waals surface area contributed by atoms with Crippen LogP contribution in [0.1, 0.15) is 0 Å². The van der Waals surface area contributed by atoms with E-state index in [0.717, 1.165) is 82.8 Å². The average molecular weight is 642 g/mol. The molecule has 0 amide bonds. The molecule has 0 N–H and O–H groups in total. The van der Waals surface area contributed by atoms with E-state index in [4.69, 9.17) is 23.8 Å². The standard InChI is InChI=1S/C45H27N3O2/c1-3-12-28(13-4-1)43-46-44(29-14-5-2-6-15-29)48-45(47-43)32-17-11-16-31(24-32)36-26-33(27-38-35-19-8-10-21-40(35)50-42(36)38)30-22-23-41-37(25-30)34-18-7-9-20-39(34)49-41/h1-27H. The zero-order chi connectivity index (χ0) is 33.0. The molecule has 0 aliphatic rings. The van der Waals surface area contributed by atoms with E-state index >= 15 is 0 Å². The van der Waals surface area contributed by atoms with Gasteiger partial charge in [-0.3, -0.25) is 0 Å². The SMILES string of the molecule is c1ccc(-c2nc(-c3ccccc3)nc(-c3cccc(-c4cc(-c5ccc6oc7ccccc7c6c5)cc5c4oc4ccccc45)c3)n2)cc1. The Morgan fingerprint density at radius 2 is 0.820 bits per heavy atom. The van der Waals surface area contributed by atoms with Crippen molar-refractivity contribution in [3.8, 4) is 56.4 Å². The van der Waals surface area contributed by atoms with Gasteiger partial charge in [0.15, 0.2) is 17.5 Å². The van der Waals surface area contributed by atoms with Crippen molar-refractivity contribution in [3.05, 3.63) is 164 Å².